The number of alkyl halides is 3. The number of carbonyl (C=O) groups is 1. The molecule has 1 aliphatic heterocycles. The lowest BCUT2D eigenvalue weighted by molar-refractivity contribution is -0.137. The first-order valence-electron chi connectivity index (χ1n) is 12.1. The summed E-state index contributed by atoms with van der Waals surface area (Å²) in [7, 11) is 0. The van der Waals surface area contributed by atoms with Gasteiger partial charge in [-0.3, -0.25) is 9.48 Å². The molecule has 1 aromatic heterocycles. The first-order chi connectivity index (χ1) is 17.1. The third-order valence-corrected chi connectivity index (χ3v) is 7.45. The lowest BCUT2D eigenvalue weighted by Crippen LogP contribution is -2.63. The average molecular weight is 500 g/mol. The second-order valence-corrected chi connectivity index (χ2v) is 10.4. The van der Waals surface area contributed by atoms with Crippen LogP contribution in [0.1, 0.15) is 53.2 Å². The summed E-state index contributed by atoms with van der Waals surface area (Å²) in [6.45, 7) is 2.95. The van der Waals surface area contributed by atoms with E-state index in [0.717, 1.165) is 31.7 Å². The van der Waals surface area contributed by atoms with E-state index in [4.69, 9.17) is 4.74 Å². The fraction of sp³-hybridized carbons (Fsp3) is 0.407. The molecule has 0 N–H and O–H groups in total. The minimum absolute atomic E-state index is 0.0121. The van der Waals surface area contributed by atoms with Gasteiger partial charge in [0.1, 0.15) is 11.6 Å². The number of benzene rings is 2. The Balaban J connectivity index is 1.13. The molecule has 188 valence electrons. The van der Waals surface area contributed by atoms with Crippen molar-refractivity contribution in [2.75, 3.05) is 13.1 Å². The number of nitrogens with zero attached hydrogens (tertiary/aromatic N) is 3. The Morgan fingerprint density at radius 2 is 1.83 bits per heavy atom. The van der Waals surface area contributed by atoms with E-state index in [1.165, 1.54) is 30.3 Å². The highest BCUT2D eigenvalue weighted by molar-refractivity contribution is 5.97. The summed E-state index contributed by atoms with van der Waals surface area (Å²) in [6, 6.07) is 9.61. The molecule has 3 aliphatic rings. The van der Waals surface area contributed by atoms with Crippen LogP contribution in [0.25, 0.3) is 11.3 Å². The minimum atomic E-state index is -4.46. The van der Waals surface area contributed by atoms with Gasteiger partial charge in [0.2, 0.25) is 0 Å². The van der Waals surface area contributed by atoms with Gasteiger partial charge in [-0.2, -0.15) is 18.3 Å². The zero-order chi connectivity index (χ0) is 25.2. The van der Waals surface area contributed by atoms with E-state index in [9.17, 15) is 22.4 Å². The molecule has 1 spiro atoms. The molecule has 36 heavy (non-hydrogen) atoms. The van der Waals surface area contributed by atoms with Gasteiger partial charge >= 0.3 is 6.18 Å². The van der Waals surface area contributed by atoms with Gasteiger partial charge in [-0.05, 0) is 56.4 Å². The molecule has 1 amide bonds. The highest BCUT2D eigenvalue weighted by Crippen LogP contribution is 2.54. The summed E-state index contributed by atoms with van der Waals surface area (Å²) in [5, 5.41) is 4.54. The van der Waals surface area contributed by atoms with Gasteiger partial charge in [-0.25, -0.2) is 4.39 Å². The Morgan fingerprint density at radius 1 is 1.11 bits per heavy atom. The highest BCUT2D eigenvalue weighted by Gasteiger charge is 2.54. The van der Waals surface area contributed by atoms with E-state index in [2.05, 4.69) is 5.10 Å². The Morgan fingerprint density at radius 3 is 2.53 bits per heavy atom. The fourth-order valence-corrected chi connectivity index (χ4v) is 5.47. The minimum Gasteiger partial charge on any atom is -0.489 e. The predicted octanol–water partition coefficient (Wildman–Crippen LogP) is 6.03. The molecule has 2 heterocycles. The first kappa shape index (κ1) is 23.1. The number of likely N-dealkylation sites (tertiary alicyclic amines) is 1. The van der Waals surface area contributed by atoms with Crippen molar-refractivity contribution in [2.24, 2.45) is 5.41 Å². The highest BCUT2D eigenvalue weighted by atomic mass is 19.4. The van der Waals surface area contributed by atoms with Crippen molar-refractivity contribution in [3.05, 3.63) is 71.2 Å². The third-order valence-electron chi connectivity index (χ3n) is 7.45. The van der Waals surface area contributed by atoms with Crippen LogP contribution in [0.4, 0.5) is 17.6 Å². The van der Waals surface area contributed by atoms with E-state index >= 15 is 0 Å². The summed E-state index contributed by atoms with van der Waals surface area (Å²) in [4.78, 5) is 14.8. The van der Waals surface area contributed by atoms with Gasteiger partial charge in [-0.15, -0.1) is 0 Å². The van der Waals surface area contributed by atoms with E-state index < -0.39 is 17.6 Å². The largest absolute Gasteiger partial charge is 0.489 e. The van der Waals surface area contributed by atoms with Crippen molar-refractivity contribution in [2.45, 2.75) is 50.9 Å². The molecule has 5 nitrogen and oxygen atoms in total. The Kier molecular flexibility index (Phi) is 5.18. The average Bonchev–Trinajstić information content (AvgIpc) is 3.50. The van der Waals surface area contributed by atoms with Crippen molar-refractivity contribution in [1.82, 2.24) is 14.7 Å². The van der Waals surface area contributed by atoms with Gasteiger partial charge < -0.3 is 9.64 Å². The van der Waals surface area contributed by atoms with Crippen LogP contribution in [0.5, 0.6) is 5.75 Å². The summed E-state index contributed by atoms with van der Waals surface area (Å²) in [6.07, 6.45) is 0.827. The zero-order valence-electron chi connectivity index (χ0n) is 19.7. The molecule has 6 rings (SSSR count). The van der Waals surface area contributed by atoms with E-state index in [1.54, 1.807) is 22.6 Å². The number of carbonyl (C=O) groups excluding carboxylic acids is 1. The van der Waals surface area contributed by atoms with Crippen molar-refractivity contribution < 1.29 is 27.1 Å². The number of hydrogen-bond donors (Lipinski definition) is 0. The molecule has 9 heteroatoms. The normalized spacial score (nSPS) is 19.2. The monoisotopic (exact) mass is 499 g/mol. The maximum atomic E-state index is 13.7. The summed E-state index contributed by atoms with van der Waals surface area (Å²) < 4.78 is 61.8. The van der Waals surface area contributed by atoms with Crippen molar-refractivity contribution in [1.29, 1.82) is 0 Å². The smallest absolute Gasteiger partial charge is 0.417 e. The van der Waals surface area contributed by atoms with Crippen molar-refractivity contribution in [3.63, 3.8) is 0 Å². The maximum Gasteiger partial charge on any atom is 0.417 e. The van der Waals surface area contributed by atoms with E-state index in [0.29, 0.717) is 35.7 Å². The van der Waals surface area contributed by atoms with Crippen LogP contribution in [-0.4, -0.2) is 39.8 Å². The van der Waals surface area contributed by atoms with Gasteiger partial charge in [0, 0.05) is 36.3 Å². The van der Waals surface area contributed by atoms with Gasteiger partial charge in [0.25, 0.3) is 5.91 Å². The number of rotatable bonds is 5. The molecule has 2 aromatic carbocycles. The molecule has 0 bridgehead atoms. The topological polar surface area (TPSA) is 47.4 Å². The molecule has 3 fully saturated rings. The maximum absolute atomic E-state index is 13.7. The molecule has 0 radical (unpaired) electrons. The van der Waals surface area contributed by atoms with Crippen LogP contribution in [0.2, 0.25) is 0 Å². The number of hydrogen-bond acceptors (Lipinski definition) is 3. The first-order valence-corrected chi connectivity index (χ1v) is 12.1. The second-order valence-electron chi connectivity index (χ2n) is 10.4. The number of halogens is 4. The van der Waals surface area contributed by atoms with E-state index in [-0.39, 0.29) is 29.0 Å². The predicted molar refractivity (Wildman–Crippen MR) is 124 cm³/mol. The van der Waals surface area contributed by atoms with Crippen LogP contribution >= 0.6 is 0 Å². The SMILES string of the molecule is Cc1cn(C2CC3(C2)CN(C(=O)c2ccc(F)cc2OC2CC2)C3)nc1-c1ccccc1C(F)(F)F. The van der Waals surface area contributed by atoms with Crippen LogP contribution in [0.15, 0.2) is 48.7 Å². The van der Waals surface area contributed by atoms with Crippen molar-refractivity contribution in [3.8, 4) is 17.0 Å². The lowest BCUT2D eigenvalue weighted by Gasteiger charge is -2.58. The Labute approximate surface area is 205 Å². The lowest BCUT2D eigenvalue weighted by atomic mass is 9.60. The number of ether oxygens (including phenoxy) is 1. The molecule has 0 atom stereocenters. The molecule has 3 aromatic rings. The van der Waals surface area contributed by atoms with E-state index in [1.807, 2.05) is 6.20 Å². The summed E-state index contributed by atoms with van der Waals surface area (Å²) >= 11 is 0. The number of amides is 1. The van der Waals surface area contributed by atoms with Crippen molar-refractivity contribution >= 4 is 5.91 Å². The van der Waals surface area contributed by atoms with Gasteiger partial charge in [-0.1, -0.05) is 18.2 Å². The van der Waals surface area contributed by atoms with Crippen LogP contribution in [-0.2, 0) is 6.18 Å². The standard InChI is InChI=1S/C27H25F4N3O2/c1-16-13-34(32-24(16)20-4-2-3-5-22(20)27(29,30)31)18-11-26(12-18)14-33(15-26)25(35)21-9-6-17(28)10-23(21)36-19-7-8-19/h2-6,9-10,13,18-19H,7-8,11-12,14-15H2,1H3. The van der Waals surface area contributed by atoms with Crippen LogP contribution in [0, 0.1) is 18.2 Å². The second kappa shape index (κ2) is 8.08. The molecular formula is C27H25F4N3O2. The summed E-state index contributed by atoms with van der Waals surface area (Å²) in [5.41, 5.74) is 0.791. The van der Waals surface area contributed by atoms with Crippen LogP contribution in [0.3, 0.4) is 0 Å². The molecular weight excluding hydrogens is 474 g/mol. The third kappa shape index (κ3) is 4.04. The molecule has 0 unspecified atom stereocenters. The summed E-state index contributed by atoms with van der Waals surface area (Å²) in [5.74, 6) is -0.301. The Hall–Kier alpha value is -3.36. The number of aromatic nitrogens is 2. The zero-order valence-corrected chi connectivity index (χ0v) is 19.7. The quantitative estimate of drug-likeness (QED) is 0.403. The van der Waals surface area contributed by atoms with Crippen LogP contribution < -0.4 is 4.74 Å². The molecule has 2 aliphatic carbocycles. The molecule has 2 saturated carbocycles. The van der Waals surface area contributed by atoms with Gasteiger partial charge in [0.15, 0.2) is 0 Å². The number of aryl methyl sites for hydroxylation is 1. The molecule has 1 saturated heterocycles. The Bertz CT molecular complexity index is 1330. The van der Waals surface area contributed by atoms with Gasteiger partial charge in [0.05, 0.1) is 29.0 Å². The fourth-order valence-electron chi connectivity index (χ4n) is 5.47.